The van der Waals surface area contributed by atoms with Gasteiger partial charge in [-0.25, -0.2) is 9.59 Å². The molecule has 0 spiro atoms. The highest BCUT2D eigenvalue weighted by Gasteiger charge is 2.17. The normalized spacial score (nSPS) is 10.2. The Labute approximate surface area is 149 Å². The predicted molar refractivity (Wildman–Crippen MR) is 95.4 cm³/mol. The van der Waals surface area contributed by atoms with Crippen LogP contribution in [0.25, 0.3) is 0 Å². The van der Waals surface area contributed by atoms with Gasteiger partial charge in [0.1, 0.15) is 0 Å². The first kappa shape index (κ1) is 18.7. The average molecular weight is 361 g/mol. The number of benzene rings is 1. The molecule has 1 heterocycles. The lowest BCUT2D eigenvalue weighted by atomic mass is 10.1. The molecule has 0 atom stereocenters. The van der Waals surface area contributed by atoms with Gasteiger partial charge < -0.3 is 14.8 Å². The number of nitrogens with one attached hydrogen (secondary N) is 1. The molecule has 25 heavy (non-hydrogen) atoms. The van der Waals surface area contributed by atoms with Crippen LogP contribution in [0.15, 0.2) is 29.6 Å². The molecule has 1 aromatic carbocycles. The van der Waals surface area contributed by atoms with Crippen LogP contribution in [0.2, 0.25) is 0 Å². The highest BCUT2D eigenvalue weighted by atomic mass is 32.1. The Morgan fingerprint density at radius 1 is 1.00 bits per heavy atom. The quantitative estimate of drug-likeness (QED) is 0.794. The van der Waals surface area contributed by atoms with Crippen LogP contribution in [0.1, 0.15) is 49.8 Å². The summed E-state index contributed by atoms with van der Waals surface area (Å²) in [6.45, 7) is 5.63. The first-order valence-corrected chi connectivity index (χ1v) is 8.69. The topological polar surface area (TPSA) is 81.7 Å². The lowest BCUT2D eigenvalue weighted by Crippen LogP contribution is -2.14. The lowest BCUT2D eigenvalue weighted by molar-refractivity contribution is 0.0525. The third-order valence-electron chi connectivity index (χ3n) is 3.28. The number of hydrogen-bond acceptors (Lipinski definition) is 6. The summed E-state index contributed by atoms with van der Waals surface area (Å²) < 4.78 is 9.94. The molecular formula is C18H19NO5S. The van der Waals surface area contributed by atoms with Crippen molar-refractivity contribution in [3.63, 3.8) is 0 Å². The van der Waals surface area contributed by atoms with Crippen molar-refractivity contribution in [1.82, 2.24) is 0 Å². The Bertz CT molecular complexity index is 760. The standard InChI is InChI=1S/C18H19NO5S/c1-4-23-17(21)12-8-13(18(22)24-5-2)10-14(9-12)19-16(20)15-11(3)6-7-25-15/h6-10H,4-5H2,1-3H3,(H,19,20). The number of thiophene rings is 1. The minimum absolute atomic E-state index is 0.172. The van der Waals surface area contributed by atoms with E-state index in [4.69, 9.17) is 9.47 Å². The molecule has 7 heteroatoms. The number of rotatable bonds is 6. The van der Waals surface area contributed by atoms with Crippen molar-refractivity contribution in [3.8, 4) is 0 Å². The van der Waals surface area contributed by atoms with E-state index in [0.29, 0.717) is 10.6 Å². The molecule has 0 aliphatic heterocycles. The van der Waals surface area contributed by atoms with E-state index in [-0.39, 0.29) is 30.2 Å². The van der Waals surface area contributed by atoms with E-state index in [0.717, 1.165) is 5.56 Å². The summed E-state index contributed by atoms with van der Waals surface area (Å²) in [5.74, 6) is -1.45. The number of ether oxygens (including phenoxy) is 2. The first-order valence-electron chi connectivity index (χ1n) is 7.81. The zero-order valence-corrected chi connectivity index (χ0v) is 15.1. The summed E-state index contributed by atoms with van der Waals surface area (Å²) in [6.07, 6.45) is 0. The molecule has 2 rings (SSSR count). The Kier molecular flexibility index (Phi) is 6.30. The van der Waals surface area contributed by atoms with Crippen molar-refractivity contribution < 1.29 is 23.9 Å². The van der Waals surface area contributed by atoms with Gasteiger partial charge in [-0.2, -0.15) is 0 Å². The van der Waals surface area contributed by atoms with Gasteiger partial charge >= 0.3 is 11.9 Å². The van der Waals surface area contributed by atoms with Gasteiger partial charge in [-0.3, -0.25) is 4.79 Å². The molecule has 132 valence electrons. The third kappa shape index (κ3) is 4.67. The van der Waals surface area contributed by atoms with Crippen molar-refractivity contribution in [2.75, 3.05) is 18.5 Å². The van der Waals surface area contributed by atoms with Crippen LogP contribution in [-0.4, -0.2) is 31.1 Å². The molecule has 0 saturated carbocycles. The maximum Gasteiger partial charge on any atom is 0.338 e. The second-order valence-corrected chi connectivity index (χ2v) is 6.04. The number of carbonyl (C=O) groups excluding carboxylic acids is 3. The zero-order chi connectivity index (χ0) is 18.4. The monoisotopic (exact) mass is 361 g/mol. The molecule has 0 aliphatic carbocycles. The smallest absolute Gasteiger partial charge is 0.338 e. The minimum atomic E-state index is -0.573. The third-order valence-corrected chi connectivity index (χ3v) is 4.30. The molecule has 6 nitrogen and oxygen atoms in total. The van der Waals surface area contributed by atoms with Crippen molar-refractivity contribution in [2.24, 2.45) is 0 Å². The van der Waals surface area contributed by atoms with Gasteiger partial charge in [0.2, 0.25) is 0 Å². The van der Waals surface area contributed by atoms with Crippen molar-refractivity contribution in [3.05, 3.63) is 51.2 Å². The van der Waals surface area contributed by atoms with Crippen LogP contribution in [0.4, 0.5) is 5.69 Å². The maximum absolute atomic E-state index is 12.4. The molecule has 2 aromatic rings. The van der Waals surface area contributed by atoms with Gasteiger partial charge in [0.05, 0.1) is 29.2 Å². The number of aryl methyl sites for hydroxylation is 1. The maximum atomic E-state index is 12.4. The van der Waals surface area contributed by atoms with Crippen LogP contribution >= 0.6 is 11.3 Å². The number of amides is 1. The second-order valence-electron chi connectivity index (χ2n) is 5.13. The van der Waals surface area contributed by atoms with E-state index in [9.17, 15) is 14.4 Å². The van der Waals surface area contributed by atoms with Crippen LogP contribution in [0, 0.1) is 6.92 Å². The van der Waals surface area contributed by atoms with E-state index in [2.05, 4.69) is 5.32 Å². The van der Waals surface area contributed by atoms with Gasteiger partial charge in [0, 0.05) is 5.69 Å². The molecule has 0 aliphatic rings. The molecular weight excluding hydrogens is 342 g/mol. The van der Waals surface area contributed by atoms with Crippen LogP contribution < -0.4 is 5.32 Å². The summed E-state index contributed by atoms with van der Waals surface area (Å²) in [6, 6.07) is 6.18. The zero-order valence-electron chi connectivity index (χ0n) is 14.3. The van der Waals surface area contributed by atoms with E-state index in [1.165, 1.54) is 29.5 Å². The Morgan fingerprint density at radius 3 is 2.00 bits per heavy atom. The Morgan fingerprint density at radius 2 is 1.56 bits per heavy atom. The summed E-state index contributed by atoms with van der Waals surface area (Å²) >= 11 is 1.32. The SMILES string of the molecule is CCOC(=O)c1cc(NC(=O)c2sccc2C)cc(C(=O)OCC)c1. The molecule has 1 aromatic heterocycles. The van der Waals surface area contributed by atoms with E-state index < -0.39 is 11.9 Å². The number of esters is 2. The number of carbonyl (C=O) groups is 3. The Balaban J connectivity index is 2.35. The summed E-state index contributed by atoms with van der Waals surface area (Å²) in [5.41, 5.74) is 1.53. The van der Waals surface area contributed by atoms with Crippen LogP contribution in [0.3, 0.4) is 0 Å². The molecule has 0 fully saturated rings. The van der Waals surface area contributed by atoms with Gasteiger partial charge in [-0.15, -0.1) is 11.3 Å². The fourth-order valence-electron chi connectivity index (χ4n) is 2.16. The largest absolute Gasteiger partial charge is 0.462 e. The van der Waals surface area contributed by atoms with E-state index in [1.54, 1.807) is 13.8 Å². The molecule has 0 saturated heterocycles. The van der Waals surface area contributed by atoms with Crippen LogP contribution in [0.5, 0.6) is 0 Å². The van der Waals surface area contributed by atoms with Gasteiger partial charge in [-0.1, -0.05) is 0 Å². The number of anilines is 1. The van der Waals surface area contributed by atoms with Crippen molar-refractivity contribution in [1.29, 1.82) is 0 Å². The summed E-state index contributed by atoms with van der Waals surface area (Å²) in [5, 5.41) is 4.54. The predicted octanol–water partition coefficient (Wildman–Crippen LogP) is 3.66. The fourth-order valence-corrected chi connectivity index (χ4v) is 2.98. The first-order chi connectivity index (χ1) is 12.0. The summed E-state index contributed by atoms with van der Waals surface area (Å²) in [4.78, 5) is 37.0. The second kappa shape index (κ2) is 8.43. The summed E-state index contributed by atoms with van der Waals surface area (Å²) in [7, 11) is 0. The molecule has 0 bridgehead atoms. The number of hydrogen-bond donors (Lipinski definition) is 1. The molecule has 0 radical (unpaired) electrons. The lowest BCUT2D eigenvalue weighted by Gasteiger charge is -2.10. The van der Waals surface area contributed by atoms with Gasteiger partial charge in [0.25, 0.3) is 5.91 Å². The average Bonchev–Trinajstić information content (AvgIpc) is 3.01. The highest BCUT2D eigenvalue weighted by molar-refractivity contribution is 7.12. The van der Waals surface area contributed by atoms with E-state index in [1.807, 2.05) is 18.4 Å². The molecule has 1 N–H and O–H groups in total. The minimum Gasteiger partial charge on any atom is -0.462 e. The van der Waals surface area contributed by atoms with Crippen LogP contribution in [-0.2, 0) is 9.47 Å². The van der Waals surface area contributed by atoms with Gasteiger partial charge in [0.15, 0.2) is 0 Å². The Hall–Kier alpha value is -2.67. The van der Waals surface area contributed by atoms with Gasteiger partial charge in [-0.05, 0) is 56.0 Å². The molecule has 1 amide bonds. The highest BCUT2D eigenvalue weighted by Crippen LogP contribution is 2.21. The van der Waals surface area contributed by atoms with Crippen molar-refractivity contribution >= 4 is 34.9 Å². The van der Waals surface area contributed by atoms with E-state index >= 15 is 0 Å². The molecule has 0 unspecified atom stereocenters. The fraction of sp³-hybridized carbons (Fsp3) is 0.278. The van der Waals surface area contributed by atoms with Crippen molar-refractivity contribution in [2.45, 2.75) is 20.8 Å².